The van der Waals surface area contributed by atoms with Crippen molar-refractivity contribution in [2.45, 2.75) is 76.9 Å². The van der Waals surface area contributed by atoms with Gasteiger partial charge in [-0.2, -0.15) is 4.98 Å². The fraction of sp³-hybridized carbons (Fsp3) is 0.615. The minimum Gasteiger partial charge on any atom is -0.445 e. The molecule has 12 heteroatoms. The molecule has 5 N–H and O–H groups in total. The second-order valence-electron chi connectivity index (χ2n) is 10.3. The summed E-state index contributed by atoms with van der Waals surface area (Å²) in [6.07, 6.45) is -0.215. The van der Waals surface area contributed by atoms with Gasteiger partial charge in [0.1, 0.15) is 18.3 Å². The first-order valence-electron chi connectivity index (χ1n) is 13.1. The van der Waals surface area contributed by atoms with Crippen molar-refractivity contribution >= 4 is 12.2 Å². The number of carbonyl (C=O) groups excluding carboxylic acids is 2. The van der Waals surface area contributed by atoms with E-state index in [1.54, 1.807) is 20.8 Å². The molecule has 1 fully saturated rings. The van der Waals surface area contributed by atoms with Gasteiger partial charge in [0.15, 0.2) is 0 Å². The van der Waals surface area contributed by atoms with Crippen LogP contribution in [0.1, 0.15) is 63.4 Å². The van der Waals surface area contributed by atoms with E-state index in [9.17, 15) is 14.7 Å². The molecule has 1 aliphatic heterocycles. The van der Waals surface area contributed by atoms with Crippen LogP contribution < -0.4 is 21.3 Å². The van der Waals surface area contributed by atoms with Crippen LogP contribution in [0.25, 0.3) is 0 Å². The average molecular weight is 533 g/mol. The second-order valence-corrected chi connectivity index (χ2v) is 10.3. The predicted molar refractivity (Wildman–Crippen MR) is 139 cm³/mol. The van der Waals surface area contributed by atoms with Crippen LogP contribution in [0.3, 0.4) is 0 Å². The molecule has 1 aromatic carbocycles. The van der Waals surface area contributed by atoms with Crippen LogP contribution in [0, 0.1) is 0 Å². The Labute approximate surface area is 223 Å². The molecule has 0 aliphatic carbocycles. The summed E-state index contributed by atoms with van der Waals surface area (Å²) in [6, 6.07) is 8.76. The number of aliphatic hydroxyl groups excluding tert-OH is 1. The minimum absolute atomic E-state index is 0.101. The summed E-state index contributed by atoms with van der Waals surface area (Å²) in [7, 11) is 0. The van der Waals surface area contributed by atoms with Crippen molar-refractivity contribution in [1.29, 1.82) is 0 Å². The molecule has 0 bridgehead atoms. The molecule has 12 nitrogen and oxygen atoms in total. The average Bonchev–Trinajstić information content (AvgIpc) is 3.34. The predicted octanol–water partition coefficient (Wildman–Crippen LogP) is 2.20. The van der Waals surface area contributed by atoms with E-state index in [0.29, 0.717) is 38.1 Å². The number of benzene rings is 1. The summed E-state index contributed by atoms with van der Waals surface area (Å²) in [6.45, 7) is 8.44. The number of amides is 2. The third-order valence-corrected chi connectivity index (χ3v) is 5.80. The molecule has 3 rings (SSSR count). The van der Waals surface area contributed by atoms with E-state index in [1.807, 2.05) is 30.3 Å². The number of hydrogen-bond donors (Lipinski definition) is 5. The number of rotatable bonds is 12. The topological polar surface area (TPSA) is 160 Å². The SMILES string of the molecule is CC(C)(C)OC(=O)NCCCCC(NC(=O)OCc1ccccc1)C(O)c1noc(CC2CNCCN2)n1. The lowest BCUT2D eigenvalue weighted by Crippen LogP contribution is -2.49. The zero-order valence-corrected chi connectivity index (χ0v) is 22.4. The maximum Gasteiger partial charge on any atom is 0.407 e. The van der Waals surface area contributed by atoms with Gasteiger partial charge < -0.3 is 40.4 Å². The van der Waals surface area contributed by atoms with Gasteiger partial charge in [-0.05, 0) is 45.6 Å². The molecule has 2 heterocycles. The molecule has 38 heavy (non-hydrogen) atoms. The quantitative estimate of drug-likeness (QED) is 0.256. The third-order valence-electron chi connectivity index (χ3n) is 5.80. The van der Waals surface area contributed by atoms with Crippen LogP contribution in [0.5, 0.6) is 0 Å². The van der Waals surface area contributed by atoms with Gasteiger partial charge in [-0.15, -0.1) is 0 Å². The highest BCUT2D eigenvalue weighted by Gasteiger charge is 2.28. The van der Waals surface area contributed by atoms with E-state index in [-0.39, 0.29) is 18.5 Å². The van der Waals surface area contributed by atoms with Gasteiger partial charge in [0, 0.05) is 38.6 Å². The lowest BCUT2D eigenvalue weighted by Gasteiger charge is -2.23. The van der Waals surface area contributed by atoms with E-state index in [1.165, 1.54) is 0 Å². The first kappa shape index (κ1) is 29.3. The molecule has 0 spiro atoms. The fourth-order valence-corrected chi connectivity index (χ4v) is 3.94. The van der Waals surface area contributed by atoms with Crippen LogP contribution in [-0.4, -0.2) is 71.3 Å². The second kappa shape index (κ2) is 14.6. The molecule has 3 atom stereocenters. The Morgan fingerprint density at radius 2 is 1.97 bits per heavy atom. The van der Waals surface area contributed by atoms with Crippen molar-refractivity contribution in [1.82, 2.24) is 31.4 Å². The molecule has 1 aromatic heterocycles. The Kier molecular flexibility index (Phi) is 11.3. The Bertz CT molecular complexity index is 990. The van der Waals surface area contributed by atoms with Crippen LogP contribution in [0.15, 0.2) is 34.9 Å². The number of nitrogens with one attached hydrogen (secondary N) is 4. The summed E-state index contributed by atoms with van der Waals surface area (Å²) in [5.74, 6) is 0.510. The molecule has 2 aromatic rings. The van der Waals surface area contributed by atoms with E-state index >= 15 is 0 Å². The highest BCUT2D eigenvalue weighted by atomic mass is 16.6. The molecule has 1 aliphatic rings. The molecule has 3 unspecified atom stereocenters. The number of aromatic nitrogens is 2. The highest BCUT2D eigenvalue weighted by Crippen LogP contribution is 2.19. The van der Waals surface area contributed by atoms with Crippen molar-refractivity contribution in [3.05, 3.63) is 47.6 Å². The molecular weight excluding hydrogens is 492 g/mol. The molecule has 2 amide bonds. The van der Waals surface area contributed by atoms with Crippen molar-refractivity contribution in [2.75, 3.05) is 26.2 Å². The van der Waals surface area contributed by atoms with E-state index in [0.717, 1.165) is 25.2 Å². The summed E-state index contributed by atoms with van der Waals surface area (Å²) in [5, 5.41) is 27.1. The van der Waals surface area contributed by atoms with E-state index in [2.05, 4.69) is 31.4 Å². The summed E-state index contributed by atoms with van der Waals surface area (Å²) in [5.41, 5.74) is 0.276. The number of unbranched alkanes of at least 4 members (excludes halogenated alkanes) is 1. The van der Waals surface area contributed by atoms with E-state index in [4.69, 9.17) is 14.0 Å². The molecule has 0 radical (unpaired) electrons. The van der Waals surface area contributed by atoms with Crippen molar-refractivity contribution in [2.24, 2.45) is 0 Å². The Hall–Kier alpha value is -3.22. The largest absolute Gasteiger partial charge is 0.445 e. The Balaban J connectivity index is 1.54. The number of piperazine rings is 1. The minimum atomic E-state index is -1.20. The number of aliphatic hydroxyl groups is 1. The van der Waals surface area contributed by atoms with Crippen molar-refractivity contribution in [3.8, 4) is 0 Å². The number of hydrogen-bond acceptors (Lipinski definition) is 10. The smallest absolute Gasteiger partial charge is 0.407 e. The Morgan fingerprint density at radius 1 is 1.18 bits per heavy atom. The molecule has 1 saturated heterocycles. The molecule has 0 saturated carbocycles. The van der Waals surface area contributed by atoms with Gasteiger partial charge in [0.05, 0.1) is 6.04 Å². The zero-order chi connectivity index (χ0) is 27.4. The van der Waals surface area contributed by atoms with Gasteiger partial charge in [-0.1, -0.05) is 35.5 Å². The molecule has 210 valence electrons. The maximum absolute atomic E-state index is 12.5. The lowest BCUT2D eigenvalue weighted by atomic mass is 10.0. The summed E-state index contributed by atoms with van der Waals surface area (Å²) in [4.78, 5) is 28.8. The van der Waals surface area contributed by atoms with Crippen LogP contribution in [0.4, 0.5) is 9.59 Å². The highest BCUT2D eigenvalue weighted by molar-refractivity contribution is 5.68. The van der Waals surface area contributed by atoms with Crippen molar-refractivity contribution in [3.63, 3.8) is 0 Å². The van der Waals surface area contributed by atoms with Gasteiger partial charge >= 0.3 is 12.2 Å². The summed E-state index contributed by atoms with van der Waals surface area (Å²) < 4.78 is 15.9. The number of ether oxygens (including phenoxy) is 2. The normalized spacial score (nSPS) is 17.3. The number of carbonyl (C=O) groups is 2. The first-order valence-corrected chi connectivity index (χ1v) is 13.1. The van der Waals surface area contributed by atoms with Crippen LogP contribution in [-0.2, 0) is 22.5 Å². The van der Waals surface area contributed by atoms with E-state index < -0.39 is 29.9 Å². The van der Waals surface area contributed by atoms with Gasteiger partial charge in [0.25, 0.3) is 0 Å². The fourth-order valence-electron chi connectivity index (χ4n) is 3.94. The zero-order valence-electron chi connectivity index (χ0n) is 22.4. The summed E-state index contributed by atoms with van der Waals surface area (Å²) >= 11 is 0. The third kappa shape index (κ3) is 10.6. The molecular formula is C26H40N6O6. The lowest BCUT2D eigenvalue weighted by molar-refractivity contribution is 0.0526. The Morgan fingerprint density at radius 3 is 2.68 bits per heavy atom. The van der Waals surface area contributed by atoms with Gasteiger partial charge in [-0.25, -0.2) is 9.59 Å². The number of alkyl carbamates (subject to hydrolysis) is 2. The monoisotopic (exact) mass is 532 g/mol. The van der Waals surface area contributed by atoms with Crippen molar-refractivity contribution < 1.29 is 28.7 Å². The van der Waals surface area contributed by atoms with Gasteiger partial charge in [-0.3, -0.25) is 0 Å². The van der Waals surface area contributed by atoms with Crippen LogP contribution >= 0.6 is 0 Å². The van der Waals surface area contributed by atoms with Crippen LogP contribution in [0.2, 0.25) is 0 Å². The number of nitrogens with zero attached hydrogens (tertiary/aromatic N) is 2. The maximum atomic E-state index is 12.5. The first-order chi connectivity index (χ1) is 18.2. The van der Waals surface area contributed by atoms with Gasteiger partial charge in [0.2, 0.25) is 11.7 Å². The standard InChI is InChI=1S/C26H40N6O6/c1-26(2,3)37-24(34)29-12-8-7-11-20(30-25(35)36-17-18-9-5-4-6-10-18)22(33)23-31-21(38-32-23)15-19-16-27-13-14-28-19/h4-6,9-10,19-20,22,27-28,33H,7-8,11-17H2,1-3H3,(H,29,34)(H,30,35).